The van der Waals surface area contributed by atoms with E-state index in [4.69, 9.17) is 23.2 Å². The largest absolute Gasteiger partial charge is 0.308 e. The highest BCUT2D eigenvalue weighted by atomic mass is 15.1. The molecule has 0 atom stereocenters. The van der Waals surface area contributed by atoms with Gasteiger partial charge in [0.25, 0.3) is 0 Å². The summed E-state index contributed by atoms with van der Waals surface area (Å²) >= 11 is 0. The molecule has 0 aliphatic carbocycles. The molecular weight excluding hydrogens is 597 g/mol. The third kappa shape index (κ3) is 5.26. The van der Waals surface area contributed by atoms with Gasteiger partial charge in [0, 0.05) is 27.5 Å². The van der Waals surface area contributed by atoms with E-state index in [2.05, 4.69) is 0 Å². The van der Waals surface area contributed by atoms with Crippen molar-refractivity contribution in [2.75, 3.05) is 0 Å². The molecule has 0 N–H and O–H groups in total. The number of hydrogen-bond acceptors (Lipinski definition) is 3. The standard InChI is InChI=1S/C45H30N4/c1-4-15-31(16-5-1)34-21-14-22-36(29-34)44-46-43(33-19-8-3-9-20-33)47-45(48-44)39-28-27-35(32-17-6-2-7-18-32)30-42(39)49-40-25-12-10-23-37(40)38-24-11-13-26-41(38)49/h1-30H/i10D,11D,12D,13D,23D,24D,25D,26D. The summed E-state index contributed by atoms with van der Waals surface area (Å²) in [6.45, 7) is 0. The molecule has 4 heteroatoms. The van der Waals surface area contributed by atoms with Gasteiger partial charge < -0.3 is 4.57 Å². The van der Waals surface area contributed by atoms with E-state index in [1.807, 2.05) is 133 Å². The fourth-order valence-electron chi connectivity index (χ4n) is 6.19. The van der Waals surface area contributed by atoms with Crippen LogP contribution in [0.5, 0.6) is 0 Å². The molecule has 230 valence electrons. The Morgan fingerprint density at radius 2 is 0.857 bits per heavy atom. The zero-order valence-corrected chi connectivity index (χ0v) is 26.0. The van der Waals surface area contributed by atoms with Gasteiger partial charge in [0.2, 0.25) is 0 Å². The van der Waals surface area contributed by atoms with Crippen molar-refractivity contribution >= 4 is 21.8 Å². The SMILES string of the molecule is [2H]c1c([2H])c([2H])c2c(c1[2H])c1c([2H])c([2H])c([2H])c([2H])c1n2-c1cc(-c2ccccc2)ccc1-c1nc(-c2ccccc2)nc(-c2cccc(-c3ccccc3)c2)n1. The van der Waals surface area contributed by atoms with Gasteiger partial charge in [-0.3, -0.25) is 0 Å². The van der Waals surface area contributed by atoms with Crippen LogP contribution in [-0.4, -0.2) is 19.5 Å². The van der Waals surface area contributed by atoms with E-state index in [-0.39, 0.29) is 27.6 Å². The first-order chi connectivity index (χ1) is 27.6. The molecule has 0 bridgehead atoms. The van der Waals surface area contributed by atoms with Crippen molar-refractivity contribution in [3.8, 4) is 62.1 Å². The molecule has 0 saturated carbocycles. The lowest BCUT2D eigenvalue weighted by Gasteiger charge is -2.16. The van der Waals surface area contributed by atoms with Crippen molar-refractivity contribution in [3.63, 3.8) is 0 Å². The van der Waals surface area contributed by atoms with Gasteiger partial charge in [-0.1, -0.05) is 152 Å². The molecule has 2 heterocycles. The van der Waals surface area contributed by atoms with Crippen molar-refractivity contribution in [1.29, 1.82) is 0 Å². The van der Waals surface area contributed by atoms with Crippen molar-refractivity contribution in [1.82, 2.24) is 19.5 Å². The van der Waals surface area contributed by atoms with Crippen molar-refractivity contribution in [2.24, 2.45) is 0 Å². The van der Waals surface area contributed by atoms with E-state index in [0.717, 1.165) is 33.4 Å². The molecule has 0 fully saturated rings. The van der Waals surface area contributed by atoms with Crippen LogP contribution in [0.4, 0.5) is 0 Å². The molecule has 9 aromatic rings. The van der Waals surface area contributed by atoms with E-state index < -0.39 is 48.3 Å². The molecule has 0 radical (unpaired) electrons. The van der Waals surface area contributed by atoms with E-state index in [9.17, 15) is 2.74 Å². The lowest BCUT2D eigenvalue weighted by Crippen LogP contribution is -2.04. The number of rotatable bonds is 6. The molecule has 0 aliphatic heterocycles. The van der Waals surface area contributed by atoms with Crippen molar-refractivity contribution in [3.05, 3.63) is 182 Å². The van der Waals surface area contributed by atoms with Gasteiger partial charge in [0.05, 0.1) is 27.7 Å². The van der Waals surface area contributed by atoms with Crippen LogP contribution in [-0.2, 0) is 0 Å². The van der Waals surface area contributed by atoms with Gasteiger partial charge in [-0.25, -0.2) is 15.0 Å². The van der Waals surface area contributed by atoms with Crippen LogP contribution in [0.2, 0.25) is 0 Å². The Labute approximate surface area is 295 Å². The molecule has 2 aromatic heterocycles. The summed E-state index contributed by atoms with van der Waals surface area (Å²) in [5, 5.41) is -0.0313. The molecule has 49 heavy (non-hydrogen) atoms. The van der Waals surface area contributed by atoms with Gasteiger partial charge in [-0.2, -0.15) is 0 Å². The number of nitrogens with zero attached hydrogens (tertiary/aromatic N) is 4. The van der Waals surface area contributed by atoms with Crippen LogP contribution >= 0.6 is 0 Å². The van der Waals surface area contributed by atoms with Crippen LogP contribution in [0.25, 0.3) is 83.9 Å². The minimum absolute atomic E-state index is 0.00239. The fourth-order valence-corrected chi connectivity index (χ4v) is 6.19. The van der Waals surface area contributed by atoms with Crippen molar-refractivity contribution in [2.45, 2.75) is 0 Å². The molecule has 0 saturated heterocycles. The van der Waals surface area contributed by atoms with Gasteiger partial charge in [0.15, 0.2) is 17.5 Å². The Morgan fingerprint density at radius 1 is 0.388 bits per heavy atom. The molecule has 0 unspecified atom stereocenters. The molecule has 7 aromatic carbocycles. The zero-order chi connectivity index (χ0) is 39.5. The number of aromatic nitrogens is 4. The average molecular weight is 635 g/mol. The normalized spacial score (nSPS) is 13.6. The third-order valence-corrected chi connectivity index (χ3v) is 8.51. The summed E-state index contributed by atoms with van der Waals surface area (Å²) in [6.07, 6.45) is 0. The summed E-state index contributed by atoms with van der Waals surface area (Å²) in [5.41, 5.74) is 5.87. The van der Waals surface area contributed by atoms with Crippen LogP contribution in [0, 0.1) is 0 Å². The molecule has 4 nitrogen and oxygen atoms in total. The zero-order valence-electron chi connectivity index (χ0n) is 34.0. The molecular formula is C45H30N4. The Bertz CT molecular complexity index is 2970. The van der Waals surface area contributed by atoms with E-state index >= 15 is 0 Å². The summed E-state index contributed by atoms with van der Waals surface area (Å²) in [7, 11) is 0. The molecule has 9 rings (SSSR count). The maximum absolute atomic E-state index is 9.20. The highest BCUT2D eigenvalue weighted by Gasteiger charge is 2.20. The van der Waals surface area contributed by atoms with E-state index in [0.29, 0.717) is 22.9 Å². The van der Waals surface area contributed by atoms with E-state index in [1.54, 1.807) is 0 Å². The molecule has 0 amide bonds. The Kier molecular flexibility index (Phi) is 5.29. The second-order valence-corrected chi connectivity index (χ2v) is 11.5. The van der Waals surface area contributed by atoms with Gasteiger partial charge in [-0.15, -0.1) is 0 Å². The minimum Gasteiger partial charge on any atom is -0.308 e. The quantitative estimate of drug-likeness (QED) is 0.183. The lowest BCUT2D eigenvalue weighted by molar-refractivity contribution is 1.06. The maximum atomic E-state index is 9.20. The Balaban J connectivity index is 1.41. The predicted octanol–water partition coefficient (Wildman–Crippen LogP) is 11.3. The number of fused-ring (bicyclic) bond motifs is 3. The highest BCUT2D eigenvalue weighted by Crippen LogP contribution is 2.38. The summed E-state index contributed by atoms with van der Waals surface area (Å²) in [4.78, 5) is 15.0. The van der Waals surface area contributed by atoms with Crippen LogP contribution in [0.15, 0.2) is 182 Å². The maximum Gasteiger partial charge on any atom is 0.166 e. The smallest absolute Gasteiger partial charge is 0.166 e. The first kappa shape index (κ1) is 21.3. The minimum atomic E-state index is -0.510. The van der Waals surface area contributed by atoms with Gasteiger partial charge in [0.1, 0.15) is 0 Å². The van der Waals surface area contributed by atoms with Gasteiger partial charge >= 0.3 is 0 Å². The van der Waals surface area contributed by atoms with Crippen LogP contribution < -0.4 is 0 Å². The second kappa shape index (κ2) is 12.2. The van der Waals surface area contributed by atoms with Crippen molar-refractivity contribution < 1.29 is 11.0 Å². The van der Waals surface area contributed by atoms with Crippen LogP contribution in [0.1, 0.15) is 11.0 Å². The summed E-state index contributed by atoms with van der Waals surface area (Å²) in [5.74, 6) is 1.03. The first-order valence-electron chi connectivity index (χ1n) is 19.8. The third-order valence-electron chi connectivity index (χ3n) is 8.51. The average Bonchev–Trinajstić information content (AvgIpc) is 3.63. The highest BCUT2D eigenvalue weighted by molar-refractivity contribution is 6.09. The Morgan fingerprint density at radius 3 is 1.47 bits per heavy atom. The summed E-state index contributed by atoms with van der Waals surface area (Å²) < 4.78 is 72.5. The summed E-state index contributed by atoms with van der Waals surface area (Å²) in [6, 6.07) is 39.0. The first-order valence-corrected chi connectivity index (χ1v) is 15.8. The Hall–Kier alpha value is -6.65. The number of para-hydroxylation sites is 2. The predicted molar refractivity (Wildman–Crippen MR) is 201 cm³/mol. The number of benzene rings is 7. The van der Waals surface area contributed by atoms with Crippen LogP contribution in [0.3, 0.4) is 0 Å². The topological polar surface area (TPSA) is 43.6 Å². The molecule has 0 aliphatic rings. The monoisotopic (exact) mass is 634 g/mol. The lowest BCUT2D eigenvalue weighted by atomic mass is 10.0. The van der Waals surface area contributed by atoms with Gasteiger partial charge in [-0.05, 0) is 52.5 Å². The molecule has 0 spiro atoms. The fraction of sp³-hybridized carbons (Fsp3) is 0. The number of hydrogen-bond donors (Lipinski definition) is 0. The second-order valence-electron chi connectivity index (χ2n) is 11.5. The van der Waals surface area contributed by atoms with E-state index in [1.165, 1.54) is 4.57 Å².